The lowest BCUT2D eigenvalue weighted by molar-refractivity contribution is -0.385. The number of methoxy groups -OCH3 is 1. The maximum atomic E-state index is 13.2. The first-order valence-electron chi connectivity index (χ1n) is 10.3. The molecule has 172 valence electrons. The lowest BCUT2D eigenvalue weighted by atomic mass is 10.1. The number of rotatable bonds is 7. The van der Waals surface area contributed by atoms with Gasteiger partial charge in [0.05, 0.1) is 34.3 Å². The average molecular weight is 493 g/mol. The number of carbonyl (C=O) groups excluding carboxylic acids is 1. The first-order chi connectivity index (χ1) is 16.4. The summed E-state index contributed by atoms with van der Waals surface area (Å²) >= 11 is 6.54. The molecule has 3 aromatic carbocycles. The van der Waals surface area contributed by atoms with Gasteiger partial charge in [-0.3, -0.25) is 19.8 Å². The number of hydrogen-bond donors (Lipinski definition) is 0. The minimum Gasteiger partial charge on any atom is -0.493 e. The Morgan fingerprint density at radius 1 is 1.09 bits per heavy atom. The summed E-state index contributed by atoms with van der Waals surface area (Å²) in [5, 5.41) is 11.8. The summed E-state index contributed by atoms with van der Waals surface area (Å²) in [6, 6.07) is 19.7. The van der Waals surface area contributed by atoms with Crippen molar-refractivity contribution < 1.29 is 19.2 Å². The van der Waals surface area contributed by atoms with Gasteiger partial charge in [0, 0.05) is 0 Å². The normalized spacial score (nSPS) is 14.5. The molecule has 0 atom stereocenters. The molecule has 1 aliphatic rings. The fourth-order valence-electron chi connectivity index (χ4n) is 3.48. The molecule has 1 heterocycles. The van der Waals surface area contributed by atoms with E-state index in [0.717, 1.165) is 22.9 Å². The average Bonchev–Trinajstić information content (AvgIpc) is 3.11. The van der Waals surface area contributed by atoms with Gasteiger partial charge >= 0.3 is 0 Å². The zero-order chi connectivity index (χ0) is 24.2. The number of amides is 1. The Bertz CT molecular complexity index is 1310. The molecule has 1 fully saturated rings. The summed E-state index contributed by atoms with van der Waals surface area (Å²) < 4.78 is 11.6. The van der Waals surface area contributed by atoms with Gasteiger partial charge in [0.25, 0.3) is 11.6 Å². The number of thiocarbonyl (C=S) groups is 1. The van der Waals surface area contributed by atoms with Crippen LogP contribution in [-0.4, -0.2) is 22.3 Å². The Balaban J connectivity index is 1.68. The summed E-state index contributed by atoms with van der Waals surface area (Å²) in [6.45, 7) is 2.12. The highest BCUT2D eigenvalue weighted by atomic mass is 32.2. The van der Waals surface area contributed by atoms with Crippen LogP contribution in [0, 0.1) is 17.0 Å². The van der Waals surface area contributed by atoms with Gasteiger partial charge in [0.2, 0.25) is 0 Å². The zero-order valence-electron chi connectivity index (χ0n) is 18.4. The zero-order valence-corrected chi connectivity index (χ0v) is 20.0. The molecule has 0 aromatic heterocycles. The largest absolute Gasteiger partial charge is 0.493 e. The summed E-state index contributed by atoms with van der Waals surface area (Å²) in [6.07, 6.45) is 1.47. The molecule has 0 spiro atoms. The number of anilines is 1. The maximum Gasteiger partial charge on any atom is 0.280 e. The van der Waals surface area contributed by atoms with Crippen molar-refractivity contribution in [3.63, 3.8) is 0 Å². The van der Waals surface area contributed by atoms with Crippen LogP contribution in [0.1, 0.15) is 16.7 Å². The molecule has 0 aliphatic carbocycles. The van der Waals surface area contributed by atoms with Crippen molar-refractivity contribution in [2.45, 2.75) is 13.5 Å². The molecule has 9 heteroatoms. The molecule has 0 saturated carbocycles. The van der Waals surface area contributed by atoms with E-state index >= 15 is 0 Å². The van der Waals surface area contributed by atoms with Crippen molar-refractivity contribution in [3.8, 4) is 11.5 Å². The lowest BCUT2D eigenvalue weighted by Crippen LogP contribution is -2.28. The Labute approximate surface area is 206 Å². The summed E-state index contributed by atoms with van der Waals surface area (Å²) in [5.74, 6) is 0.229. The quantitative estimate of drug-likeness (QED) is 0.176. The third kappa shape index (κ3) is 4.80. The van der Waals surface area contributed by atoms with Crippen molar-refractivity contribution in [2.24, 2.45) is 0 Å². The molecule has 1 aliphatic heterocycles. The van der Waals surface area contributed by atoms with Gasteiger partial charge in [0.15, 0.2) is 15.8 Å². The molecule has 4 rings (SSSR count). The van der Waals surface area contributed by atoms with E-state index < -0.39 is 4.92 Å². The second-order valence-electron chi connectivity index (χ2n) is 7.40. The van der Waals surface area contributed by atoms with E-state index in [-0.39, 0.29) is 34.4 Å². The lowest BCUT2D eigenvalue weighted by Gasteiger charge is -2.16. The van der Waals surface area contributed by atoms with Gasteiger partial charge in [-0.05, 0) is 36.3 Å². The van der Waals surface area contributed by atoms with Crippen LogP contribution in [0.2, 0.25) is 0 Å². The van der Waals surface area contributed by atoms with Crippen LogP contribution in [0.4, 0.5) is 11.4 Å². The highest BCUT2D eigenvalue weighted by Crippen LogP contribution is 2.41. The number of hydrogen-bond acceptors (Lipinski definition) is 7. The number of carbonyl (C=O) groups is 1. The smallest absolute Gasteiger partial charge is 0.280 e. The van der Waals surface area contributed by atoms with Crippen molar-refractivity contribution in [2.75, 3.05) is 12.0 Å². The SMILES string of the molecule is COc1cc(/C=C2/SC(=S)N(c3ccccc3C)C2=O)c([N+](=O)[O-])cc1OCc1ccccc1. The van der Waals surface area contributed by atoms with Gasteiger partial charge in [-0.1, -0.05) is 72.5 Å². The van der Waals surface area contributed by atoms with Gasteiger partial charge in [-0.2, -0.15) is 0 Å². The third-order valence-electron chi connectivity index (χ3n) is 5.18. The number of ether oxygens (including phenoxy) is 2. The van der Waals surface area contributed by atoms with Crippen LogP contribution in [0.3, 0.4) is 0 Å². The first kappa shape index (κ1) is 23.5. The van der Waals surface area contributed by atoms with Gasteiger partial charge in [0.1, 0.15) is 6.61 Å². The minimum atomic E-state index is -0.511. The number of nitrogens with zero attached hydrogens (tertiary/aromatic N) is 2. The van der Waals surface area contributed by atoms with E-state index in [2.05, 4.69) is 0 Å². The van der Waals surface area contributed by atoms with Gasteiger partial charge in [-0.25, -0.2) is 0 Å². The van der Waals surface area contributed by atoms with E-state index in [0.29, 0.717) is 15.8 Å². The molecule has 0 radical (unpaired) electrons. The molecular weight excluding hydrogens is 472 g/mol. The van der Waals surface area contributed by atoms with E-state index in [4.69, 9.17) is 21.7 Å². The van der Waals surface area contributed by atoms with Crippen molar-refractivity contribution in [3.05, 3.63) is 98.4 Å². The summed E-state index contributed by atoms with van der Waals surface area (Å²) in [5.41, 5.74) is 2.51. The Kier molecular flexibility index (Phi) is 6.95. The second kappa shape index (κ2) is 10.1. The van der Waals surface area contributed by atoms with E-state index in [9.17, 15) is 14.9 Å². The molecular formula is C25H20N2O5S2. The Morgan fingerprint density at radius 3 is 2.47 bits per heavy atom. The molecule has 0 N–H and O–H groups in total. The first-order valence-corrected chi connectivity index (χ1v) is 11.5. The fourth-order valence-corrected chi connectivity index (χ4v) is 4.75. The second-order valence-corrected chi connectivity index (χ2v) is 9.07. The Hall–Kier alpha value is -3.69. The monoisotopic (exact) mass is 492 g/mol. The van der Waals surface area contributed by atoms with Crippen LogP contribution in [0.15, 0.2) is 71.6 Å². The maximum absolute atomic E-state index is 13.2. The molecule has 34 heavy (non-hydrogen) atoms. The van der Waals surface area contributed by atoms with Crippen LogP contribution in [0.5, 0.6) is 11.5 Å². The standard InChI is InChI=1S/C25H20N2O5S2/c1-16-8-6-7-11-19(16)26-24(28)23(34-25(26)33)13-18-12-21(31-2)22(14-20(18)27(29)30)32-15-17-9-4-3-5-10-17/h3-14H,15H2,1-2H3/b23-13+. The number of nitro groups is 1. The number of para-hydroxylation sites is 1. The number of aryl methyl sites for hydroxylation is 1. The topological polar surface area (TPSA) is 81.9 Å². The minimum absolute atomic E-state index is 0.204. The third-order valence-corrected chi connectivity index (χ3v) is 6.49. The number of nitro benzene ring substituents is 1. The van der Waals surface area contributed by atoms with Crippen molar-refractivity contribution in [1.82, 2.24) is 0 Å². The van der Waals surface area contributed by atoms with Crippen molar-refractivity contribution in [1.29, 1.82) is 0 Å². The molecule has 0 unspecified atom stereocenters. The number of benzene rings is 3. The molecule has 7 nitrogen and oxygen atoms in total. The summed E-state index contributed by atoms with van der Waals surface area (Å²) in [7, 11) is 1.46. The van der Waals surface area contributed by atoms with Crippen molar-refractivity contribution >= 4 is 51.7 Å². The van der Waals surface area contributed by atoms with Crippen LogP contribution in [0.25, 0.3) is 6.08 Å². The van der Waals surface area contributed by atoms with Gasteiger partial charge in [-0.15, -0.1) is 0 Å². The van der Waals surface area contributed by atoms with Crippen LogP contribution < -0.4 is 14.4 Å². The Morgan fingerprint density at radius 2 is 1.79 bits per heavy atom. The molecule has 1 saturated heterocycles. The van der Waals surface area contributed by atoms with E-state index in [1.165, 1.54) is 30.2 Å². The highest BCUT2D eigenvalue weighted by molar-refractivity contribution is 8.27. The highest BCUT2D eigenvalue weighted by Gasteiger charge is 2.34. The van der Waals surface area contributed by atoms with Crippen LogP contribution >= 0.6 is 24.0 Å². The van der Waals surface area contributed by atoms with E-state index in [1.807, 2.05) is 61.5 Å². The number of thioether (sulfide) groups is 1. The molecule has 3 aromatic rings. The molecule has 0 bridgehead atoms. The predicted octanol–water partition coefficient (Wildman–Crippen LogP) is 5.90. The predicted molar refractivity (Wildman–Crippen MR) is 137 cm³/mol. The summed E-state index contributed by atoms with van der Waals surface area (Å²) in [4.78, 5) is 26.2. The van der Waals surface area contributed by atoms with Crippen LogP contribution in [-0.2, 0) is 11.4 Å². The van der Waals surface area contributed by atoms with E-state index in [1.54, 1.807) is 0 Å². The fraction of sp³-hybridized carbons (Fsp3) is 0.120. The van der Waals surface area contributed by atoms with Gasteiger partial charge < -0.3 is 9.47 Å². The molecule has 1 amide bonds.